The zero-order valence-corrected chi connectivity index (χ0v) is 14.0. The summed E-state index contributed by atoms with van der Waals surface area (Å²) in [6, 6.07) is 15.2. The number of pyridine rings is 1. The molecule has 3 rings (SSSR count). The van der Waals surface area contributed by atoms with Crippen LogP contribution in [-0.4, -0.2) is 46.8 Å². The lowest BCUT2D eigenvalue weighted by Crippen LogP contribution is -2.48. The molecule has 2 atom stereocenters. The number of anilines is 1. The minimum atomic E-state index is -0.575. The number of hydrogen-bond donors (Lipinski definition) is 2. The second kappa shape index (κ2) is 8.48. The van der Waals surface area contributed by atoms with E-state index in [0.29, 0.717) is 19.6 Å². The van der Waals surface area contributed by atoms with E-state index in [4.69, 9.17) is 4.74 Å². The van der Waals surface area contributed by atoms with Crippen molar-refractivity contribution < 1.29 is 14.6 Å². The molecule has 1 aromatic carbocycles. The number of rotatable bonds is 5. The average Bonchev–Trinajstić information content (AvgIpc) is 2.66. The summed E-state index contributed by atoms with van der Waals surface area (Å²) in [5, 5.41) is 13.6. The van der Waals surface area contributed by atoms with Crippen LogP contribution in [0.2, 0.25) is 0 Å². The van der Waals surface area contributed by atoms with E-state index in [-0.39, 0.29) is 18.6 Å². The van der Waals surface area contributed by atoms with Gasteiger partial charge in [-0.05, 0) is 24.1 Å². The van der Waals surface area contributed by atoms with Gasteiger partial charge >= 0.3 is 6.09 Å². The largest absolute Gasteiger partial charge is 0.445 e. The first-order valence-electron chi connectivity index (χ1n) is 8.51. The highest BCUT2D eigenvalue weighted by Gasteiger charge is 2.30. The number of aromatic nitrogens is 1. The molecule has 132 valence electrons. The van der Waals surface area contributed by atoms with Crippen molar-refractivity contribution in [3.8, 4) is 0 Å². The monoisotopic (exact) mass is 341 g/mol. The van der Waals surface area contributed by atoms with Gasteiger partial charge in [-0.1, -0.05) is 36.4 Å². The highest BCUT2D eigenvalue weighted by Crippen LogP contribution is 2.19. The molecule has 0 saturated carbocycles. The van der Waals surface area contributed by atoms with Gasteiger partial charge in [0.2, 0.25) is 0 Å². The van der Waals surface area contributed by atoms with Crippen LogP contribution in [-0.2, 0) is 11.3 Å². The molecule has 1 amide bonds. The lowest BCUT2D eigenvalue weighted by Gasteiger charge is -2.35. The first-order valence-corrected chi connectivity index (χ1v) is 8.51. The Balaban J connectivity index is 1.43. The summed E-state index contributed by atoms with van der Waals surface area (Å²) < 4.78 is 5.33. The Morgan fingerprint density at radius 2 is 2.04 bits per heavy atom. The topological polar surface area (TPSA) is 74.7 Å². The van der Waals surface area contributed by atoms with E-state index in [9.17, 15) is 9.90 Å². The molecular formula is C19H23N3O3. The molecule has 1 aromatic heterocycles. The second-order valence-electron chi connectivity index (χ2n) is 6.20. The third kappa shape index (κ3) is 4.93. The SMILES string of the molecule is O=C(OCc1ccccc1)N1CC[C@@H](CNc2ccccn2)[C@@H](O)C1. The number of nitrogens with zero attached hydrogens (tertiary/aromatic N) is 2. The van der Waals surface area contributed by atoms with E-state index in [0.717, 1.165) is 17.8 Å². The molecule has 1 fully saturated rings. The third-order valence-electron chi connectivity index (χ3n) is 4.40. The quantitative estimate of drug-likeness (QED) is 0.874. The molecule has 0 radical (unpaired) electrons. The maximum absolute atomic E-state index is 12.2. The van der Waals surface area contributed by atoms with Crippen LogP contribution in [0.5, 0.6) is 0 Å². The molecule has 1 saturated heterocycles. The molecule has 25 heavy (non-hydrogen) atoms. The van der Waals surface area contributed by atoms with Crippen LogP contribution >= 0.6 is 0 Å². The zero-order valence-electron chi connectivity index (χ0n) is 14.0. The number of aliphatic hydroxyl groups is 1. The van der Waals surface area contributed by atoms with Gasteiger partial charge in [0.1, 0.15) is 12.4 Å². The van der Waals surface area contributed by atoms with Gasteiger partial charge in [0.25, 0.3) is 0 Å². The molecule has 0 bridgehead atoms. The normalized spacial score (nSPS) is 20.1. The van der Waals surface area contributed by atoms with Gasteiger partial charge in [-0.25, -0.2) is 9.78 Å². The molecule has 2 heterocycles. The van der Waals surface area contributed by atoms with E-state index in [1.807, 2.05) is 48.5 Å². The first-order chi connectivity index (χ1) is 12.2. The minimum absolute atomic E-state index is 0.0835. The summed E-state index contributed by atoms with van der Waals surface area (Å²) in [5.74, 6) is 0.875. The summed E-state index contributed by atoms with van der Waals surface area (Å²) in [6.07, 6.45) is 1.50. The molecule has 0 aliphatic carbocycles. The standard InChI is InChI=1S/C19H23N3O3/c23-17-13-22(19(24)25-14-15-6-2-1-3-7-15)11-9-16(17)12-21-18-8-4-5-10-20-18/h1-8,10,16-17,23H,9,11-14H2,(H,20,21)/t16-,17-/m0/s1. The van der Waals surface area contributed by atoms with Crippen LogP contribution in [0.25, 0.3) is 0 Å². The number of likely N-dealkylation sites (tertiary alicyclic amines) is 1. The van der Waals surface area contributed by atoms with E-state index in [1.54, 1.807) is 11.1 Å². The average molecular weight is 341 g/mol. The van der Waals surface area contributed by atoms with Crippen LogP contribution in [0.3, 0.4) is 0 Å². The van der Waals surface area contributed by atoms with E-state index in [1.165, 1.54) is 0 Å². The Bertz CT molecular complexity index is 666. The Morgan fingerprint density at radius 3 is 2.76 bits per heavy atom. The lowest BCUT2D eigenvalue weighted by molar-refractivity contribution is 0.0175. The summed E-state index contributed by atoms with van der Waals surface area (Å²) in [7, 11) is 0. The van der Waals surface area contributed by atoms with Crippen molar-refractivity contribution in [3.05, 3.63) is 60.3 Å². The highest BCUT2D eigenvalue weighted by atomic mass is 16.6. The van der Waals surface area contributed by atoms with Crippen molar-refractivity contribution in [2.75, 3.05) is 25.0 Å². The Labute approximate surface area is 147 Å². The van der Waals surface area contributed by atoms with Gasteiger partial charge in [-0.2, -0.15) is 0 Å². The fourth-order valence-corrected chi connectivity index (χ4v) is 2.90. The van der Waals surface area contributed by atoms with Crippen molar-refractivity contribution in [1.82, 2.24) is 9.88 Å². The number of piperidine rings is 1. The molecule has 0 unspecified atom stereocenters. The molecule has 6 heteroatoms. The minimum Gasteiger partial charge on any atom is -0.445 e. The predicted molar refractivity (Wildman–Crippen MR) is 95.0 cm³/mol. The molecule has 1 aliphatic rings. The molecule has 2 aromatic rings. The summed E-state index contributed by atoms with van der Waals surface area (Å²) in [4.78, 5) is 18.0. The number of nitrogens with one attached hydrogen (secondary N) is 1. The fourth-order valence-electron chi connectivity index (χ4n) is 2.90. The molecule has 2 N–H and O–H groups in total. The van der Waals surface area contributed by atoms with Crippen LogP contribution in [0, 0.1) is 5.92 Å². The number of carbonyl (C=O) groups is 1. The van der Waals surface area contributed by atoms with Gasteiger partial charge in [-0.15, -0.1) is 0 Å². The number of hydrogen-bond acceptors (Lipinski definition) is 5. The number of aliphatic hydroxyl groups excluding tert-OH is 1. The summed E-state index contributed by atoms with van der Waals surface area (Å²) >= 11 is 0. The second-order valence-corrected chi connectivity index (χ2v) is 6.20. The zero-order chi connectivity index (χ0) is 17.5. The van der Waals surface area contributed by atoms with Crippen LogP contribution in [0.1, 0.15) is 12.0 Å². The summed E-state index contributed by atoms with van der Waals surface area (Å²) in [5.41, 5.74) is 0.950. The smallest absolute Gasteiger partial charge is 0.410 e. The van der Waals surface area contributed by atoms with Crippen molar-refractivity contribution >= 4 is 11.9 Å². The van der Waals surface area contributed by atoms with Gasteiger partial charge in [0.05, 0.1) is 12.6 Å². The number of amides is 1. The first kappa shape index (κ1) is 17.2. The van der Waals surface area contributed by atoms with Crippen molar-refractivity contribution in [2.24, 2.45) is 5.92 Å². The van der Waals surface area contributed by atoms with Gasteiger partial charge in [0, 0.05) is 25.2 Å². The highest BCUT2D eigenvalue weighted by molar-refractivity contribution is 5.67. The third-order valence-corrected chi connectivity index (χ3v) is 4.40. The lowest BCUT2D eigenvalue weighted by atomic mass is 9.94. The van der Waals surface area contributed by atoms with Gasteiger partial charge in [-0.3, -0.25) is 0 Å². The van der Waals surface area contributed by atoms with Crippen LogP contribution in [0.4, 0.5) is 10.6 Å². The van der Waals surface area contributed by atoms with Gasteiger partial charge in [0.15, 0.2) is 0 Å². The fraction of sp³-hybridized carbons (Fsp3) is 0.368. The van der Waals surface area contributed by atoms with Crippen LogP contribution in [0.15, 0.2) is 54.7 Å². The van der Waals surface area contributed by atoms with Crippen molar-refractivity contribution in [2.45, 2.75) is 19.1 Å². The number of benzene rings is 1. The molecule has 6 nitrogen and oxygen atoms in total. The van der Waals surface area contributed by atoms with E-state index >= 15 is 0 Å². The van der Waals surface area contributed by atoms with Crippen molar-refractivity contribution in [3.63, 3.8) is 0 Å². The molecular weight excluding hydrogens is 318 g/mol. The predicted octanol–water partition coefficient (Wildman–Crippen LogP) is 2.51. The number of ether oxygens (including phenoxy) is 1. The van der Waals surface area contributed by atoms with Crippen LogP contribution < -0.4 is 5.32 Å². The van der Waals surface area contributed by atoms with Gasteiger partial charge < -0.3 is 20.1 Å². The number of carbonyl (C=O) groups excluding carboxylic acids is 1. The Kier molecular flexibility index (Phi) is 5.85. The Morgan fingerprint density at radius 1 is 1.24 bits per heavy atom. The maximum Gasteiger partial charge on any atom is 0.410 e. The molecule has 0 spiro atoms. The maximum atomic E-state index is 12.2. The van der Waals surface area contributed by atoms with E-state index < -0.39 is 6.10 Å². The molecule has 1 aliphatic heterocycles. The van der Waals surface area contributed by atoms with E-state index in [2.05, 4.69) is 10.3 Å². The van der Waals surface area contributed by atoms with Crippen molar-refractivity contribution in [1.29, 1.82) is 0 Å². The Hall–Kier alpha value is -2.60. The summed E-state index contributed by atoms with van der Waals surface area (Å²) in [6.45, 7) is 1.75. The number of β-amino-alcohol motifs (C(OH)–C–C–N with tert-alkyl or cyclic N) is 1.